The van der Waals surface area contributed by atoms with Crippen molar-refractivity contribution < 1.29 is 40.5 Å². The van der Waals surface area contributed by atoms with E-state index in [2.05, 4.69) is 29.0 Å². The van der Waals surface area contributed by atoms with Crippen molar-refractivity contribution in [1.82, 2.24) is 9.97 Å². The number of aromatic amines is 1. The van der Waals surface area contributed by atoms with Gasteiger partial charge in [-0.1, -0.05) is 63.7 Å². The molecule has 11 nitrogen and oxygen atoms in total. The van der Waals surface area contributed by atoms with Gasteiger partial charge in [0.25, 0.3) is 0 Å². The van der Waals surface area contributed by atoms with Gasteiger partial charge in [-0.3, -0.25) is 4.79 Å². The molecular formula is C43H60N3O8-. The lowest BCUT2D eigenvalue weighted by molar-refractivity contribution is -0.268. The molecular weight excluding hydrogens is 686 g/mol. The quantitative estimate of drug-likeness (QED) is 0.0470. The number of unbranched alkanes of at least 4 members (excludes halogenated alkanes) is 4. The molecule has 2 aliphatic carbocycles. The number of aliphatic carboxylic acids is 1. The number of nitrogens with two attached hydrogens (primary N) is 1. The van der Waals surface area contributed by atoms with Gasteiger partial charge in [0.2, 0.25) is 0 Å². The van der Waals surface area contributed by atoms with E-state index in [1.54, 1.807) is 24.4 Å². The molecule has 0 radical (unpaired) electrons. The Hall–Kier alpha value is -3.90. The van der Waals surface area contributed by atoms with E-state index in [1.165, 1.54) is 31.4 Å². The van der Waals surface area contributed by atoms with E-state index in [1.807, 2.05) is 6.07 Å². The molecule has 2 aliphatic rings. The zero-order valence-electron chi connectivity index (χ0n) is 31.5. The molecule has 1 aromatic carbocycles. The largest absolute Gasteiger partial charge is 0.872 e. The zero-order valence-corrected chi connectivity index (χ0v) is 31.5. The minimum atomic E-state index is -1.41. The van der Waals surface area contributed by atoms with Crippen LogP contribution in [0.1, 0.15) is 114 Å². The van der Waals surface area contributed by atoms with Crippen LogP contribution in [-0.2, 0) is 11.2 Å². The number of nitrogen functional groups attached to an aromatic ring is 1. The summed E-state index contributed by atoms with van der Waals surface area (Å²) in [6.45, 7) is 2.19. The average Bonchev–Trinajstić information content (AvgIpc) is 3.74. The number of carboxylic acid groups (broad SMARTS) is 1. The molecule has 11 heteroatoms. The van der Waals surface area contributed by atoms with Gasteiger partial charge in [0, 0.05) is 35.0 Å². The molecule has 296 valence electrons. The van der Waals surface area contributed by atoms with Crippen molar-refractivity contribution >= 4 is 11.8 Å². The summed E-state index contributed by atoms with van der Waals surface area (Å²) in [5, 5.41) is 78.0. The smallest absolute Gasteiger partial charge is 0.309 e. The van der Waals surface area contributed by atoms with Gasteiger partial charge in [0.1, 0.15) is 11.6 Å². The van der Waals surface area contributed by atoms with Crippen molar-refractivity contribution in [2.24, 2.45) is 29.6 Å². The van der Waals surface area contributed by atoms with Gasteiger partial charge in [0.15, 0.2) is 0 Å². The Morgan fingerprint density at radius 1 is 1.02 bits per heavy atom. The number of nitrogens with zero attached hydrogens (tertiary/aromatic N) is 1. The first-order valence-corrected chi connectivity index (χ1v) is 19.9. The first-order valence-electron chi connectivity index (χ1n) is 19.9. The van der Waals surface area contributed by atoms with Gasteiger partial charge in [-0.15, -0.1) is 5.75 Å². The Morgan fingerprint density at radius 3 is 2.54 bits per heavy atom. The number of aliphatic hydroxyl groups excluding tert-OH is 3. The van der Waals surface area contributed by atoms with Gasteiger partial charge in [-0.05, 0) is 112 Å². The zero-order chi connectivity index (χ0) is 38.8. The van der Waals surface area contributed by atoms with E-state index in [0.29, 0.717) is 60.8 Å². The van der Waals surface area contributed by atoms with E-state index >= 15 is 0 Å². The number of aromatic nitrogens is 2. The van der Waals surface area contributed by atoms with E-state index in [9.17, 15) is 40.5 Å². The van der Waals surface area contributed by atoms with Crippen molar-refractivity contribution in [3.05, 3.63) is 72.1 Å². The molecule has 9 atom stereocenters. The van der Waals surface area contributed by atoms with E-state index in [4.69, 9.17) is 5.73 Å². The van der Waals surface area contributed by atoms with Crippen LogP contribution in [0.15, 0.2) is 60.8 Å². The fourth-order valence-corrected chi connectivity index (χ4v) is 8.99. The van der Waals surface area contributed by atoms with Crippen LogP contribution in [-0.4, -0.2) is 64.4 Å². The maximum Gasteiger partial charge on any atom is 0.309 e. The van der Waals surface area contributed by atoms with Crippen LogP contribution in [0, 0.1) is 29.6 Å². The molecule has 1 saturated carbocycles. The summed E-state index contributed by atoms with van der Waals surface area (Å²) in [5.41, 5.74) is 6.90. The number of pyridine rings is 1. The predicted octanol–water partition coefficient (Wildman–Crippen LogP) is 6.40. The Balaban J connectivity index is 1.19. The normalized spacial score (nSPS) is 25.8. The molecule has 1 fully saturated rings. The van der Waals surface area contributed by atoms with Crippen molar-refractivity contribution in [3.8, 4) is 22.8 Å². The molecule has 2 heterocycles. The van der Waals surface area contributed by atoms with Crippen molar-refractivity contribution in [2.75, 3.05) is 5.73 Å². The second-order valence-electron chi connectivity index (χ2n) is 16.1. The van der Waals surface area contributed by atoms with Crippen LogP contribution < -0.4 is 10.8 Å². The molecule has 0 bridgehead atoms. The number of aliphatic hydroxyl groups is 4. The topological polar surface area (TPSA) is 216 Å². The summed E-state index contributed by atoms with van der Waals surface area (Å²) in [5.74, 6) is -2.29. The highest BCUT2D eigenvalue weighted by Crippen LogP contribution is 2.50. The van der Waals surface area contributed by atoms with Gasteiger partial charge in [0.05, 0.1) is 29.8 Å². The standard InChI is InChI=1S/C43H61N3O8/c1-2-3-5-8-27-11-12-30(39(50)21-27)9-6-4-7-10-34(42(52)53)38(49)15-17-43(54)26-29(19-28-16-18-45-40(44)22-28)20-35(43)41(51)37-14-13-36(46-37)31-23-32(47)25-33(48)24-31/h11-14,16,18,22-25,27,29-30,34-35,38-39,41,46-51,54H,2-10,15,17,19-21,26H2,1H3,(H2,44,45)(H,52,53)/p-1. The monoisotopic (exact) mass is 746 g/mol. The first-order chi connectivity index (χ1) is 25.8. The molecule has 54 heavy (non-hydrogen) atoms. The number of phenols is 1. The van der Waals surface area contributed by atoms with Gasteiger partial charge in [-0.2, -0.15) is 0 Å². The second kappa shape index (κ2) is 19.1. The lowest BCUT2D eigenvalue weighted by Crippen LogP contribution is -2.39. The SMILES string of the molecule is CCCCCC1C=CC(CCCCCC(C(=O)O)C(O)CCC2(O)CC(Cc3ccnc(N)c3)CC2C(O)c2ccc(-c3cc([O-])cc(O)c3)[nH]2)C(O)C1. The number of H-pyrrole nitrogens is 1. The molecule has 9 N–H and O–H groups in total. The fraction of sp³-hybridized carbons (Fsp3) is 0.581. The van der Waals surface area contributed by atoms with Crippen LogP contribution >= 0.6 is 0 Å². The van der Waals surface area contributed by atoms with E-state index < -0.39 is 35.6 Å². The molecule has 2 aromatic heterocycles. The summed E-state index contributed by atoms with van der Waals surface area (Å²) in [7, 11) is 0. The Kier molecular flexibility index (Phi) is 14.6. The number of hydrogen-bond donors (Lipinski definition) is 8. The molecule has 3 aromatic rings. The summed E-state index contributed by atoms with van der Waals surface area (Å²) in [6, 6.07) is 11.0. The molecule has 5 rings (SSSR count). The third kappa shape index (κ3) is 11.1. The average molecular weight is 747 g/mol. The highest BCUT2D eigenvalue weighted by molar-refractivity contribution is 5.70. The number of aromatic hydroxyl groups is 1. The maximum atomic E-state index is 12.3. The van der Waals surface area contributed by atoms with E-state index in [-0.39, 0.29) is 42.3 Å². The van der Waals surface area contributed by atoms with Crippen LogP contribution in [0.5, 0.6) is 11.5 Å². The van der Waals surface area contributed by atoms with Crippen LogP contribution in [0.2, 0.25) is 0 Å². The molecule has 0 aliphatic heterocycles. The lowest BCUT2D eigenvalue weighted by atomic mass is 9.79. The minimum absolute atomic E-state index is 0.0307. The van der Waals surface area contributed by atoms with Crippen molar-refractivity contribution in [1.29, 1.82) is 0 Å². The number of benzene rings is 1. The molecule has 9 unspecified atom stereocenters. The van der Waals surface area contributed by atoms with E-state index in [0.717, 1.165) is 43.7 Å². The van der Waals surface area contributed by atoms with Crippen molar-refractivity contribution in [2.45, 2.75) is 127 Å². The maximum absolute atomic E-state index is 12.3. The number of nitrogens with one attached hydrogen (secondary N) is 1. The summed E-state index contributed by atoms with van der Waals surface area (Å²) < 4.78 is 0. The number of hydrogen-bond acceptors (Lipinski definition) is 9. The second-order valence-corrected chi connectivity index (χ2v) is 16.1. The van der Waals surface area contributed by atoms with Crippen LogP contribution in [0.3, 0.4) is 0 Å². The van der Waals surface area contributed by atoms with Gasteiger partial charge in [-0.25, -0.2) is 4.98 Å². The number of allylic oxidation sites excluding steroid dienone is 1. The van der Waals surface area contributed by atoms with Crippen LogP contribution in [0.25, 0.3) is 11.3 Å². The summed E-state index contributed by atoms with van der Waals surface area (Å²) in [6.07, 6.45) is 13.9. The fourth-order valence-electron chi connectivity index (χ4n) is 8.99. The number of carbonyl (C=O) groups is 1. The lowest BCUT2D eigenvalue weighted by Gasteiger charge is -2.34. The third-order valence-corrected chi connectivity index (χ3v) is 12.0. The number of phenolic OH excluding ortho intramolecular Hbond substituents is 1. The summed E-state index contributed by atoms with van der Waals surface area (Å²) in [4.78, 5) is 19.6. The highest BCUT2D eigenvalue weighted by atomic mass is 16.4. The Bertz CT molecular complexity index is 1660. The third-order valence-electron chi connectivity index (χ3n) is 12.0. The molecule has 0 amide bonds. The number of carboxylic acids is 1. The summed E-state index contributed by atoms with van der Waals surface area (Å²) >= 11 is 0. The number of anilines is 1. The predicted molar refractivity (Wildman–Crippen MR) is 206 cm³/mol. The van der Waals surface area contributed by atoms with Gasteiger partial charge >= 0.3 is 5.97 Å². The Morgan fingerprint density at radius 2 is 1.81 bits per heavy atom. The minimum Gasteiger partial charge on any atom is -0.872 e. The van der Waals surface area contributed by atoms with Crippen molar-refractivity contribution in [3.63, 3.8) is 0 Å². The Labute approximate surface area is 319 Å². The highest BCUT2D eigenvalue weighted by Gasteiger charge is 2.49. The molecule has 0 saturated heterocycles. The molecule has 0 spiro atoms. The van der Waals surface area contributed by atoms with Crippen LogP contribution in [0.4, 0.5) is 5.82 Å². The van der Waals surface area contributed by atoms with Gasteiger partial charge < -0.3 is 46.5 Å². The number of rotatable bonds is 20. The first kappa shape index (κ1) is 41.3.